The van der Waals surface area contributed by atoms with E-state index in [0.29, 0.717) is 11.1 Å². The maximum Gasteiger partial charge on any atom is 0.211 e. The zero-order valence-corrected chi connectivity index (χ0v) is 7.86. The average molecular weight is 206 g/mol. The third kappa shape index (κ3) is 1.53. The van der Waals surface area contributed by atoms with E-state index in [1.54, 1.807) is 6.07 Å². The summed E-state index contributed by atoms with van der Waals surface area (Å²) in [5.74, 6) is -0.265. The molecule has 5 N–H and O–H groups in total. The predicted octanol–water partition coefficient (Wildman–Crippen LogP) is 0.862. The summed E-state index contributed by atoms with van der Waals surface area (Å²) < 4.78 is 5.17. The smallest absolute Gasteiger partial charge is 0.211 e. The minimum atomic E-state index is -0.316. The first kappa shape index (κ1) is 9.54. The number of nitrogen functional groups attached to an aromatic ring is 1. The minimum Gasteiger partial charge on any atom is -0.504 e. The Morgan fingerprint density at radius 2 is 2.13 bits per heavy atom. The van der Waals surface area contributed by atoms with Crippen molar-refractivity contribution in [2.75, 3.05) is 12.3 Å². The molecule has 0 aliphatic rings. The van der Waals surface area contributed by atoms with E-state index < -0.39 is 0 Å². The average Bonchev–Trinajstić information content (AvgIpc) is 2.60. The number of phenolic OH excluding ortho intramolecular Hbond substituents is 1. The Hall–Kier alpha value is -2.01. The second-order valence-electron chi connectivity index (χ2n) is 3.20. The van der Waals surface area contributed by atoms with Gasteiger partial charge in [0.1, 0.15) is 0 Å². The molecule has 0 saturated carbocycles. The SMILES string of the molecule is NCC(=O)c1cc2cc(N)cc(O)c2o1. The van der Waals surface area contributed by atoms with Crippen molar-refractivity contribution in [3.63, 3.8) is 0 Å². The van der Waals surface area contributed by atoms with Gasteiger partial charge in [0.05, 0.1) is 6.54 Å². The van der Waals surface area contributed by atoms with E-state index >= 15 is 0 Å². The molecule has 1 aromatic heterocycles. The Morgan fingerprint density at radius 3 is 2.80 bits per heavy atom. The quantitative estimate of drug-likeness (QED) is 0.499. The van der Waals surface area contributed by atoms with Crippen LogP contribution < -0.4 is 11.5 Å². The summed E-state index contributed by atoms with van der Waals surface area (Å²) in [6.45, 7) is -0.129. The molecule has 0 amide bonds. The van der Waals surface area contributed by atoms with Crippen LogP contribution in [0.15, 0.2) is 22.6 Å². The van der Waals surface area contributed by atoms with Crippen molar-refractivity contribution in [1.29, 1.82) is 0 Å². The summed E-state index contributed by atoms with van der Waals surface area (Å²) in [6, 6.07) is 4.50. The molecular formula is C10H10N2O3. The van der Waals surface area contributed by atoms with Crippen LogP contribution in [0.2, 0.25) is 0 Å². The van der Waals surface area contributed by atoms with Crippen LogP contribution in [0.3, 0.4) is 0 Å². The fourth-order valence-electron chi connectivity index (χ4n) is 1.40. The number of anilines is 1. The van der Waals surface area contributed by atoms with Crippen LogP contribution in [0.25, 0.3) is 11.0 Å². The number of aromatic hydroxyl groups is 1. The lowest BCUT2D eigenvalue weighted by molar-refractivity contribution is 0.0977. The fraction of sp³-hybridized carbons (Fsp3) is 0.100. The van der Waals surface area contributed by atoms with Crippen LogP contribution in [0.1, 0.15) is 10.6 Å². The first-order chi connectivity index (χ1) is 7.11. The molecule has 2 aromatic rings. The highest BCUT2D eigenvalue weighted by molar-refractivity contribution is 6.00. The lowest BCUT2D eigenvalue weighted by Gasteiger charge is -1.95. The molecule has 0 saturated heterocycles. The molecule has 5 heteroatoms. The summed E-state index contributed by atoms with van der Waals surface area (Å²) in [4.78, 5) is 11.2. The standard InChI is InChI=1S/C10H10N2O3/c11-4-8(14)9-2-5-1-6(12)3-7(13)10(5)15-9/h1-3,13H,4,11-12H2. The molecule has 0 fully saturated rings. The van der Waals surface area contributed by atoms with Crippen molar-refractivity contribution in [3.05, 3.63) is 24.0 Å². The number of phenols is 1. The molecule has 2 rings (SSSR count). The van der Waals surface area contributed by atoms with E-state index in [1.165, 1.54) is 12.1 Å². The summed E-state index contributed by atoms with van der Waals surface area (Å²) in [5, 5.41) is 10.1. The molecule has 0 bridgehead atoms. The summed E-state index contributed by atoms with van der Waals surface area (Å²) in [5.41, 5.74) is 11.4. The Bertz CT molecular complexity index is 531. The van der Waals surface area contributed by atoms with Gasteiger partial charge < -0.3 is 21.0 Å². The van der Waals surface area contributed by atoms with Gasteiger partial charge in [0.2, 0.25) is 5.78 Å². The van der Waals surface area contributed by atoms with E-state index in [1.807, 2.05) is 0 Å². The number of ketones is 1. The molecule has 5 nitrogen and oxygen atoms in total. The molecule has 0 spiro atoms. The lowest BCUT2D eigenvalue weighted by Crippen LogP contribution is -2.12. The van der Waals surface area contributed by atoms with E-state index in [0.717, 1.165) is 0 Å². The highest BCUT2D eigenvalue weighted by atomic mass is 16.4. The second-order valence-corrected chi connectivity index (χ2v) is 3.20. The lowest BCUT2D eigenvalue weighted by atomic mass is 10.2. The van der Waals surface area contributed by atoms with Crippen molar-refractivity contribution in [3.8, 4) is 5.75 Å². The predicted molar refractivity (Wildman–Crippen MR) is 55.7 cm³/mol. The zero-order valence-electron chi connectivity index (χ0n) is 7.86. The van der Waals surface area contributed by atoms with Crippen LogP contribution in [-0.4, -0.2) is 17.4 Å². The highest BCUT2D eigenvalue weighted by Crippen LogP contribution is 2.30. The van der Waals surface area contributed by atoms with Crippen molar-refractivity contribution in [2.45, 2.75) is 0 Å². The topological polar surface area (TPSA) is 102 Å². The van der Waals surface area contributed by atoms with E-state index in [-0.39, 0.29) is 29.4 Å². The number of benzene rings is 1. The Morgan fingerprint density at radius 1 is 1.40 bits per heavy atom. The third-order valence-corrected chi connectivity index (χ3v) is 2.08. The van der Waals surface area contributed by atoms with Crippen molar-refractivity contribution in [2.24, 2.45) is 5.73 Å². The molecule has 0 unspecified atom stereocenters. The van der Waals surface area contributed by atoms with Gasteiger partial charge in [0.25, 0.3) is 0 Å². The van der Waals surface area contributed by atoms with Gasteiger partial charge in [-0.05, 0) is 12.1 Å². The van der Waals surface area contributed by atoms with Crippen LogP contribution in [0.4, 0.5) is 5.69 Å². The maximum atomic E-state index is 11.2. The van der Waals surface area contributed by atoms with E-state index in [2.05, 4.69) is 0 Å². The highest BCUT2D eigenvalue weighted by Gasteiger charge is 2.13. The third-order valence-electron chi connectivity index (χ3n) is 2.08. The Kier molecular flexibility index (Phi) is 2.09. The normalized spacial score (nSPS) is 10.7. The van der Waals surface area contributed by atoms with Crippen LogP contribution in [0.5, 0.6) is 5.75 Å². The number of furan rings is 1. The molecular weight excluding hydrogens is 196 g/mol. The summed E-state index contributed by atoms with van der Waals surface area (Å²) in [6.07, 6.45) is 0. The first-order valence-electron chi connectivity index (χ1n) is 4.37. The Labute approximate surface area is 85.3 Å². The van der Waals surface area contributed by atoms with Gasteiger partial charge in [0, 0.05) is 17.1 Å². The molecule has 78 valence electrons. The van der Waals surface area contributed by atoms with Crippen LogP contribution in [0, 0.1) is 0 Å². The Balaban J connectivity index is 2.65. The van der Waals surface area contributed by atoms with Crippen LogP contribution in [-0.2, 0) is 0 Å². The zero-order chi connectivity index (χ0) is 11.0. The van der Waals surface area contributed by atoms with Crippen molar-refractivity contribution >= 4 is 22.4 Å². The van der Waals surface area contributed by atoms with Crippen molar-refractivity contribution < 1.29 is 14.3 Å². The number of fused-ring (bicyclic) bond motifs is 1. The molecule has 0 radical (unpaired) electrons. The molecule has 1 aromatic carbocycles. The largest absolute Gasteiger partial charge is 0.504 e. The summed E-state index contributed by atoms with van der Waals surface area (Å²) in [7, 11) is 0. The van der Waals surface area contributed by atoms with Gasteiger partial charge in [-0.3, -0.25) is 4.79 Å². The van der Waals surface area contributed by atoms with Gasteiger partial charge >= 0.3 is 0 Å². The number of hydrogen-bond donors (Lipinski definition) is 3. The fourth-order valence-corrected chi connectivity index (χ4v) is 1.40. The molecule has 0 aliphatic heterocycles. The minimum absolute atomic E-state index is 0.0823. The van der Waals surface area contributed by atoms with Crippen LogP contribution >= 0.6 is 0 Å². The van der Waals surface area contributed by atoms with Gasteiger partial charge in [-0.15, -0.1) is 0 Å². The van der Waals surface area contributed by atoms with E-state index in [9.17, 15) is 9.90 Å². The van der Waals surface area contributed by atoms with Gasteiger partial charge in [-0.2, -0.15) is 0 Å². The monoisotopic (exact) mass is 206 g/mol. The van der Waals surface area contributed by atoms with Crippen molar-refractivity contribution in [1.82, 2.24) is 0 Å². The number of Topliss-reactive ketones (excluding diaryl/α,β-unsaturated/α-hetero) is 1. The second kappa shape index (κ2) is 3.29. The van der Waals surface area contributed by atoms with Gasteiger partial charge in [-0.25, -0.2) is 0 Å². The summed E-state index contributed by atoms with van der Waals surface area (Å²) >= 11 is 0. The molecule has 0 aliphatic carbocycles. The van der Waals surface area contributed by atoms with Gasteiger partial charge in [-0.1, -0.05) is 0 Å². The number of rotatable bonds is 2. The number of carbonyl (C=O) groups excluding carboxylic acids is 1. The maximum absolute atomic E-state index is 11.2. The number of hydrogen-bond acceptors (Lipinski definition) is 5. The molecule has 1 heterocycles. The van der Waals surface area contributed by atoms with Gasteiger partial charge in [0.15, 0.2) is 17.1 Å². The molecule has 15 heavy (non-hydrogen) atoms. The number of nitrogens with two attached hydrogens (primary N) is 2. The van der Waals surface area contributed by atoms with E-state index in [4.69, 9.17) is 15.9 Å². The first-order valence-corrected chi connectivity index (χ1v) is 4.37. The number of carbonyl (C=O) groups is 1. The molecule has 0 atom stereocenters.